The van der Waals surface area contributed by atoms with Gasteiger partial charge >= 0.3 is 0 Å². The van der Waals surface area contributed by atoms with Gasteiger partial charge in [-0.2, -0.15) is 0 Å². The number of nitrogens with one attached hydrogen (secondary N) is 1. The number of anilines is 1. The summed E-state index contributed by atoms with van der Waals surface area (Å²) in [5.74, 6) is 0. The zero-order valence-corrected chi connectivity index (χ0v) is 16.2. The number of nitrogens with zero attached hydrogens (tertiary/aromatic N) is 1. The Labute approximate surface area is 150 Å². The lowest BCUT2D eigenvalue weighted by Gasteiger charge is -2.11. The molecule has 0 spiro atoms. The lowest BCUT2D eigenvalue weighted by molar-refractivity contribution is 0.599. The smallest absolute Gasteiger partial charge is 0.262 e. The van der Waals surface area contributed by atoms with Gasteiger partial charge in [-0.05, 0) is 43.7 Å². The number of fused-ring (bicyclic) bond motifs is 1. The number of sulfonamides is 1. The highest BCUT2D eigenvalue weighted by Gasteiger charge is 2.18. The van der Waals surface area contributed by atoms with Crippen molar-refractivity contribution in [2.24, 2.45) is 0 Å². The Balaban J connectivity index is 1.99. The monoisotopic (exact) mass is 396 g/mol. The maximum Gasteiger partial charge on any atom is 0.262 e. The Morgan fingerprint density at radius 1 is 1.00 bits per heavy atom. The minimum Gasteiger partial charge on any atom is -0.280 e. The first kappa shape index (κ1) is 17.8. The van der Waals surface area contributed by atoms with Gasteiger partial charge in [-0.25, -0.2) is 21.8 Å². The van der Waals surface area contributed by atoms with E-state index in [0.29, 0.717) is 21.5 Å². The highest BCUT2D eigenvalue weighted by atomic mass is 32.2. The van der Waals surface area contributed by atoms with Crippen LogP contribution in [0.4, 0.5) is 5.69 Å². The molecule has 0 unspecified atom stereocenters. The Bertz CT molecular complexity index is 1180. The van der Waals surface area contributed by atoms with Gasteiger partial charge in [-0.3, -0.25) is 4.72 Å². The molecule has 1 heterocycles. The van der Waals surface area contributed by atoms with E-state index in [0.717, 1.165) is 23.2 Å². The van der Waals surface area contributed by atoms with Gasteiger partial charge in [0.05, 0.1) is 20.8 Å². The second kappa shape index (κ2) is 6.08. The van der Waals surface area contributed by atoms with Crippen LogP contribution in [-0.2, 0) is 19.9 Å². The molecule has 0 aliphatic rings. The van der Waals surface area contributed by atoms with E-state index in [4.69, 9.17) is 0 Å². The first-order chi connectivity index (χ1) is 11.6. The third-order valence-electron chi connectivity index (χ3n) is 3.56. The lowest BCUT2D eigenvalue weighted by Crippen LogP contribution is -2.14. The molecule has 3 rings (SSSR count). The molecule has 0 atom stereocenters. The van der Waals surface area contributed by atoms with Crippen molar-refractivity contribution in [3.05, 3.63) is 47.5 Å². The predicted octanol–water partition coefficient (Wildman–Crippen LogP) is 3.12. The fourth-order valence-electron chi connectivity index (χ4n) is 2.44. The number of hydrogen-bond acceptors (Lipinski definition) is 6. The van der Waals surface area contributed by atoms with Crippen LogP contribution >= 0.6 is 11.3 Å². The number of sulfone groups is 1. The van der Waals surface area contributed by atoms with Crippen LogP contribution in [0.3, 0.4) is 0 Å². The Morgan fingerprint density at radius 3 is 2.36 bits per heavy atom. The van der Waals surface area contributed by atoms with Crippen LogP contribution in [0, 0.1) is 13.8 Å². The Morgan fingerprint density at radius 2 is 1.72 bits per heavy atom. The molecule has 3 aromatic rings. The van der Waals surface area contributed by atoms with Crippen molar-refractivity contribution < 1.29 is 16.8 Å². The molecule has 2 aromatic carbocycles. The van der Waals surface area contributed by atoms with Gasteiger partial charge in [-0.1, -0.05) is 17.7 Å². The van der Waals surface area contributed by atoms with Crippen LogP contribution in [0.15, 0.2) is 45.6 Å². The largest absolute Gasteiger partial charge is 0.280 e. The van der Waals surface area contributed by atoms with Crippen molar-refractivity contribution in [2.75, 3.05) is 11.0 Å². The van der Waals surface area contributed by atoms with Gasteiger partial charge in [-0.15, -0.1) is 11.3 Å². The van der Waals surface area contributed by atoms with E-state index in [9.17, 15) is 16.8 Å². The fourth-order valence-corrected chi connectivity index (χ4v) is 5.59. The summed E-state index contributed by atoms with van der Waals surface area (Å²) in [6.45, 7) is 3.64. The van der Waals surface area contributed by atoms with Crippen molar-refractivity contribution in [2.45, 2.75) is 23.1 Å². The van der Waals surface area contributed by atoms with Gasteiger partial charge in [0.25, 0.3) is 10.0 Å². The van der Waals surface area contributed by atoms with Gasteiger partial charge in [0.1, 0.15) is 0 Å². The molecule has 6 nitrogen and oxygen atoms in total. The molecule has 132 valence electrons. The minimum absolute atomic E-state index is 0.0110. The molecule has 0 aliphatic heterocycles. The first-order valence-electron chi connectivity index (χ1n) is 7.27. The standard InChI is InChI=1S/C16H16N2O4S3/c1-10-4-7-15(11(2)8-10)25(21,22)18-12-5-6-13-14(9-12)23-16(17-13)24(3,19)20/h4-9,18H,1-3H3. The van der Waals surface area contributed by atoms with Crippen LogP contribution in [0.25, 0.3) is 10.2 Å². The summed E-state index contributed by atoms with van der Waals surface area (Å²) < 4.78 is 51.6. The zero-order valence-electron chi connectivity index (χ0n) is 13.8. The number of thiazole rings is 1. The highest BCUT2D eigenvalue weighted by molar-refractivity contribution is 7.93. The number of rotatable bonds is 4. The molecular formula is C16H16N2O4S3. The third kappa shape index (κ3) is 3.68. The average Bonchev–Trinajstić information content (AvgIpc) is 2.89. The highest BCUT2D eigenvalue weighted by Crippen LogP contribution is 2.29. The summed E-state index contributed by atoms with van der Waals surface area (Å²) in [6.07, 6.45) is 1.09. The lowest BCUT2D eigenvalue weighted by atomic mass is 10.2. The second-order valence-corrected chi connectivity index (χ2v) is 10.7. The summed E-state index contributed by atoms with van der Waals surface area (Å²) in [6, 6.07) is 9.87. The fraction of sp³-hybridized carbons (Fsp3) is 0.188. The summed E-state index contributed by atoms with van der Waals surface area (Å²) in [5.41, 5.74) is 2.51. The van der Waals surface area contributed by atoms with Crippen LogP contribution < -0.4 is 4.72 Å². The van der Waals surface area contributed by atoms with Gasteiger partial charge in [0, 0.05) is 6.26 Å². The summed E-state index contributed by atoms with van der Waals surface area (Å²) in [5, 5.41) is 0. The number of aryl methyl sites for hydroxylation is 2. The van der Waals surface area contributed by atoms with Crippen molar-refractivity contribution >= 4 is 47.1 Å². The molecule has 25 heavy (non-hydrogen) atoms. The molecule has 0 amide bonds. The molecule has 0 fully saturated rings. The molecule has 0 saturated carbocycles. The van der Waals surface area contributed by atoms with E-state index in [2.05, 4.69) is 9.71 Å². The van der Waals surface area contributed by atoms with Crippen LogP contribution in [0.2, 0.25) is 0 Å². The van der Waals surface area contributed by atoms with Gasteiger partial charge in [0.2, 0.25) is 14.2 Å². The van der Waals surface area contributed by atoms with Crippen molar-refractivity contribution in [3.8, 4) is 0 Å². The Hall–Kier alpha value is -1.97. The molecule has 1 N–H and O–H groups in total. The molecule has 1 aromatic heterocycles. The first-order valence-corrected chi connectivity index (χ1v) is 11.5. The summed E-state index contributed by atoms with van der Waals surface area (Å²) >= 11 is 1.01. The van der Waals surface area contributed by atoms with E-state index >= 15 is 0 Å². The average molecular weight is 397 g/mol. The third-order valence-corrected chi connectivity index (χ3v) is 7.80. The molecule has 0 aliphatic carbocycles. The van der Waals surface area contributed by atoms with Crippen LogP contribution in [0.5, 0.6) is 0 Å². The number of hydrogen-bond donors (Lipinski definition) is 1. The SMILES string of the molecule is Cc1ccc(S(=O)(=O)Nc2ccc3nc(S(C)(=O)=O)sc3c2)c(C)c1. The summed E-state index contributed by atoms with van der Waals surface area (Å²) in [4.78, 5) is 4.26. The van der Waals surface area contributed by atoms with Gasteiger partial charge < -0.3 is 0 Å². The quantitative estimate of drug-likeness (QED) is 0.731. The van der Waals surface area contributed by atoms with E-state index in [1.54, 1.807) is 43.3 Å². The van der Waals surface area contributed by atoms with E-state index in [1.165, 1.54) is 0 Å². The molecule has 9 heteroatoms. The van der Waals surface area contributed by atoms with Crippen molar-refractivity contribution in [1.29, 1.82) is 0 Å². The van der Waals surface area contributed by atoms with E-state index in [1.807, 2.05) is 6.92 Å². The molecule has 0 saturated heterocycles. The Kier molecular flexibility index (Phi) is 4.34. The maximum absolute atomic E-state index is 12.6. The predicted molar refractivity (Wildman–Crippen MR) is 99.5 cm³/mol. The molecular weight excluding hydrogens is 380 g/mol. The number of aromatic nitrogens is 1. The molecule has 0 bridgehead atoms. The number of benzene rings is 2. The van der Waals surface area contributed by atoms with Crippen LogP contribution in [0.1, 0.15) is 11.1 Å². The topological polar surface area (TPSA) is 93.2 Å². The van der Waals surface area contributed by atoms with Crippen molar-refractivity contribution in [1.82, 2.24) is 4.98 Å². The van der Waals surface area contributed by atoms with Crippen LogP contribution in [-0.4, -0.2) is 28.1 Å². The van der Waals surface area contributed by atoms with E-state index in [-0.39, 0.29) is 9.24 Å². The summed E-state index contributed by atoms with van der Waals surface area (Å²) in [7, 11) is -7.13. The normalized spacial score (nSPS) is 12.4. The second-order valence-electron chi connectivity index (χ2n) is 5.81. The van der Waals surface area contributed by atoms with Gasteiger partial charge in [0.15, 0.2) is 0 Å². The maximum atomic E-state index is 12.6. The van der Waals surface area contributed by atoms with E-state index < -0.39 is 19.9 Å². The molecule has 0 radical (unpaired) electrons. The van der Waals surface area contributed by atoms with Crippen molar-refractivity contribution in [3.63, 3.8) is 0 Å². The zero-order chi connectivity index (χ0) is 18.4. The minimum atomic E-state index is -3.74.